The van der Waals surface area contributed by atoms with Crippen molar-refractivity contribution in [2.45, 2.75) is 25.3 Å². The molecule has 0 bridgehead atoms. The van der Waals surface area contributed by atoms with E-state index in [4.69, 9.17) is 4.74 Å². The summed E-state index contributed by atoms with van der Waals surface area (Å²) >= 11 is 0. The van der Waals surface area contributed by atoms with Crippen molar-refractivity contribution >= 4 is 11.5 Å². The van der Waals surface area contributed by atoms with Gasteiger partial charge < -0.3 is 10.1 Å². The van der Waals surface area contributed by atoms with Gasteiger partial charge in [0.25, 0.3) is 0 Å². The number of benzene rings is 1. The van der Waals surface area contributed by atoms with E-state index in [1.165, 1.54) is 24.8 Å². The highest BCUT2D eigenvalue weighted by molar-refractivity contribution is 5.61. The summed E-state index contributed by atoms with van der Waals surface area (Å²) in [5.41, 5.74) is 1.87. The van der Waals surface area contributed by atoms with Gasteiger partial charge in [-0.05, 0) is 46.9 Å². The van der Waals surface area contributed by atoms with Crippen LogP contribution in [0.15, 0.2) is 36.7 Å². The predicted molar refractivity (Wildman–Crippen MR) is 85.3 cm³/mol. The Labute approximate surface area is 133 Å². The minimum Gasteiger partial charge on any atom is -0.497 e. The van der Waals surface area contributed by atoms with E-state index >= 15 is 0 Å². The predicted octanol–water partition coefficient (Wildman–Crippen LogP) is 2.48. The summed E-state index contributed by atoms with van der Waals surface area (Å²) in [6.45, 7) is 0. The summed E-state index contributed by atoms with van der Waals surface area (Å²) in [4.78, 5) is 4.42. The minimum atomic E-state index is 0.199. The Morgan fingerprint density at radius 3 is 2.78 bits per heavy atom. The van der Waals surface area contributed by atoms with Crippen LogP contribution in [0.2, 0.25) is 0 Å². The molecule has 23 heavy (non-hydrogen) atoms. The molecule has 0 aliphatic heterocycles. The van der Waals surface area contributed by atoms with Crippen LogP contribution in [-0.4, -0.2) is 32.1 Å². The highest BCUT2D eigenvalue weighted by atomic mass is 16.5. The van der Waals surface area contributed by atoms with Gasteiger partial charge in [0.05, 0.1) is 19.3 Å². The maximum absolute atomic E-state index is 5.25. The lowest BCUT2D eigenvalue weighted by atomic mass is 9.77. The van der Waals surface area contributed by atoms with Crippen LogP contribution in [0, 0.1) is 5.92 Å². The van der Waals surface area contributed by atoms with E-state index in [0.717, 1.165) is 5.75 Å². The molecular weight excluding hydrogens is 292 g/mol. The Kier molecular flexibility index (Phi) is 3.53. The van der Waals surface area contributed by atoms with Gasteiger partial charge in [-0.2, -0.15) is 4.52 Å². The largest absolute Gasteiger partial charge is 0.497 e. The average Bonchev–Trinajstić information content (AvgIpc) is 3.02. The Morgan fingerprint density at radius 2 is 2.09 bits per heavy atom. The molecule has 118 valence electrons. The highest BCUT2D eigenvalue weighted by Gasteiger charge is 2.29. The summed E-state index contributed by atoms with van der Waals surface area (Å²) in [5.74, 6) is 2.18. The van der Waals surface area contributed by atoms with Crippen molar-refractivity contribution in [3.63, 3.8) is 0 Å². The third-order valence-corrected chi connectivity index (χ3v) is 4.50. The van der Waals surface area contributed by atoms with Crippen LogP contribution in [0.25, 0.3) is 5.65 Å². The SMILES string of the molecule is COc1ccc(C(Nc2nccn3nnnc23)C2CCC2)cc1. The van der Waals surface area contributed by atoms with E-state index in [1.54, 1.807) is 24.0 Å². The van der Waals surface area contributed by atoms with Gasteiger partial charge in [0.2, 0.25) is 5.65 Å². The zero-order valence-corrected chi connectivity index (χ0v) is 12.9. The van der Waals surface area contributed by atoms with Gasteiger partial charge in [-0.1, -0.05) is 18.6 Å². The van der Waals surface area contributed by atoms with Gasteiger partial charge in [0.15, 0.2) is 5.82 Å². The van der Waals surface area contributed by atoms with Crippen LogP contribution in [0.4, 0.5) is 5.82 Å². The molecule has 7 nitrogen and oxygen atoms in total. The Balaban J connectivity index is 1.67. The lowest BCUT2D eigenvalue weighted by molar-refractivity contribution is 0.276. The number of tetrazole rings is 1. The first kappa shape index (κ1) is 13.9. The monoisotopic (exact) mass is 310 g/mol. The fourth-order valence-electron chi connectivity index (χ4n) is 2.99. The summed E-state index contributed by atoms with van der Waals surface area (Å²) in [7, 11) is 1.68. The van der Waals surface area contributed by atoms with Crippen molar-refractivity contribution in [1.82, 2.24) is 25.0 Å². The molecule has 1 fully saturated rings. The van der Waals surface area contributed by atoms with Gasteiger partial charge >= 0.3 is 0 Å². The molecule has 1 saturated carbocycles. The maximum Gasteiger partial charge on any atom is 0.221 e. The minimum absolute atomic E-state index is 0.199. The smallest absolute Gasteiger partial charge is 0.221 e. The van der Waals surface area contributed by atoms with Gasteiger partial charge in [0.1, 0.15) is 5.75 Å². The number of methoxy groups -OCH3 is 1. The van der Waals surface area contributed by atoms with Crippen LogP contribution >= 0.6 is 0 Å². The van der Waals surface area contributed by atoms with Crippen molar-refractivity contribution in [3.05, 3.63) is 42.2 Å². The molecule has 1 aromatic carbocycles. The molecule has 1 aliphatic rings. The number of fused-ring (bicyclic) bond motifs is 1. The second-order valence-corrected chi connectivity index (χ2v) is 5.81. The van der Waals surface area contributed by atoms with E-state index in [1.807, 2.05) is 12.1 Å². The van der Waals surface area contributed by atoms with Crippen LogP contribution < -0.4 is 10.1 Å². The number of hydrogen-bond acceptors (Lipinski definition) is 6. The van der Waals surface area contributed by atoms with Crippen LogP contribution in [0.3, 0.4) is 0 Å². The molecule has 1 unspecified atom stereocenters. The Morgan fingerprint density at radius 1 is 1.26 bits per heavy atom. The molecule has 0 amide bonds. The summed E-state index contributed by atoms with van der Waals surface area (Å²) in [6, 6.07) is 8.41. The molecule has 7 heteroatoms. The molecule has 1 atom stereocenters. The lowest BCUT2D eigenvalue weighted by Crippen LogP contribution is -2.27. The summed E-state index contributed by atoms with van der Waals surface area (Å²) < 4.78 is 6.88. The van der Waals surface area contributed by atoms with E-state index < -0.39 is 0 Å². The molecule has 1 aliphatic carbocycles. The fraction of sp³-hybridized carbons (Fsp3) is 0.375. The quantitative estimate of drug-likeness (QED) is 0.780. The standard InChI is InChI=1S/C16H18N6O/c1-23-13-7-5-12(6-8-13)14(11-3-2-4-11)18-15-16-19-20-21-22(16)10-9-17-15/h5-11,14H,2-4H2,1H3,(H,17,18). The molecule has 0 spiro atoms. The molecule has 0 saturated heterocycles. The highest BCUT2D eigenvalue weighted by Crippen LogP contribution is 2.40. The summed E-state index contributed by atoms with van der Waals surface area (Å²) in [5, 5.41) is 15.2. The van der Waals surface area contributed by atoms with Crippen molar-refractivity contribution in [3.8, 4) is 5.75 Å². The lowest BCUT2D eigenvalue weighted by Gasteiger charge is -2.35. The zero-order valence-electron chi connectivity index (χ0n) is 12.9. The van der Waals surface area contributed by atoms with E-state index in [0.29, 0.717) is 17.4 Å². The molecule has 0 radical (unpaired) electrons. The average molecular weight is 310 g/mol. The first-order valence-electron chi connectivity index (χ1n) is 7.78. The summed E-state index contributed by atoms with van der Waals surface area (Å²) in [6.07, 6.45) is 7.17. The van der Waals surface area contributed by atoms with E-state index in [9.17, 15) is 0 Å². The van der Waals surface area contributed by atoms with Gasteiger partial charge in [-0.15, -0.1) is 5.10 Å². The van der Waals surface area contributed by atoms with Gasteiger partial charge in [-0.25, -0.2) is 4.98 Å². The van der Waals surface area contributed by atoms with Crippen molar-refractivity contribution < 1.29 is 4.74 Å². The third-order valence-electron chi connectivity index (χ3n) is 4.50. The molecule has 1 N–H and O–H groups in total. The van der Waals surface area contributed by atoms with Crippen molar-refractivity contribution in [2.75, 3.05) is 12.4 Å². The number of ether oxygens (including phenoxy) is 1. The molecule has 2 heterocycles. The number of hydrogen-bond donors (Lipinski definition) is 1. The van der Waals surface area contributed by atoms with Gasteiger partial charge in [0, 0.05) is 6.20 Å². The first-order valence-corrected chi connectivity index (χ1v) is 7.78. The topological polar surface area (TPSA) is 77.2 Å². The molecule has 4 rings (SSSR count). The number of rotatable bonds is 5. The number of anilines is 1. The fourth-order valence-corrected chi connectivity index (χ4v) is 2.99. The second-order valence-electron chi connectivity index (χ2n) is 5.81. The third kappa shape index (κ3) is 2.58. The Bertz CT molecular complexity index is 796. The zero-order chi connectivity index (χ0) is 15.6. The molecular formula is C16H18N6O. The van der Waals surface area contributed by atoms with Crippen LogP contribution in [0.1, 0.15) is 30.9 Å². The molecule has 3 aromatic rings. The maximum atomic E-state index is 5.25. The number of nitrogens with one attached hydrogen (secondary N) is 1. The van der Waals surface area contributed by atoms with E-state index in [2.05, 4.69) is 38.0 Å². The normalized spacial score (nSPS) is 16.0. The Hall–Kier alpha value is -2.70. The second kappa shape index (κ2) is 5.83. The van der Waals surface area contributed by atoms with Crippen molar-refractivity contribution in [1.29, 1.82) is 0 Å². The van der Waals surface area contributed by atoms with Gasteiger partial charge in [-0.3, -0.25) is 0 Å². The molecule has 2 aromatic heterocycles. The van der Waals surface area contributed by atoms with Crippen LogP contribution in [-0.2, 0) is 0 Å². The van der Waals surface area contributed by atoms with Crippen molar-refractivity contribution in [2.24, 2.45) is 5.92 Å². The first-order chi connectivity index (χ1) is 11.3. The number of nitrogens with zero attached hydrogens (tertiary/aromatic N) is 5. The van der Waals surface area contributed by atoms with E-state index in [-0.39, 0.29) is 6.04 Å². The number of aromatic nitrogens is 5. The van der Waals surface area contributed by atoms with Crippen LogP contribution in [0.5, 0.6) is 5.75 Å².